The second-order valence-electron chi connectivity index (χ2n) is 6.37. The van der Waals surface area contributed by atoms with Gasteiger partial charge >= 0.3 is 0 Å². The standard InChI is InChI=1S/C23H15ClFNO2/c24-15-10-11-20-17(12-15)22(16-8-4-5-9-19(16)25)18(13-21(27)28)23(26-20)14-6-2-1-3-7-14/h1-12H,13H2,(H,27,28)/p-1. The van der Waals surface area contributed by atoms with Crippen molar-refractivity contribution < 1.29 is 14.3 Å². The van der Waals surface area contributed by atoms with E-state index >= 15 is 0 Å². The number of rotatable bonds is 4. The summed E-state index contributed by atoms with van der Waals surface area (Å²) in [5, 5.41) is 12.6. The van der Waals surface area contributed by atoms with Crippen LogP contribution in [0.3, 0.4) is 0 Å². The van der Waals surface area contributed by atoms with Crippen LogP contribution in [-0.2, 0) is 11.2 Å². The van der Waals surface area contributed by atoms with Gasteiger partial charge in [0.05, 0.1) is 11.2 Å². The van der Waals surface area contributed by atoms with E-state index in [1.807, 2.05) is 30.3 Å². The van der Waals surface area contributed by atoms with Crippen LogP contribution in [0.5, 0.6) is 0 Å². The maximum atomic E-state index is 14.7. The lowest BCUT2D eigenvalue weighted by Crippen LogP contribution is -2.25. The number of aliphatic carboxylic acids is 1. The molecule has 4 rings (SSSR count). The zero-order chi connectivity index (χ0) is 19.7. The number of carboxylic acid groups (broad SMARTS) is 1. The minimum Gasteiger partial charge on any atom is -0.550 e. The molecule has 0 aliphatic carbocycles. The van der Waals surface area contributed by atoms with Gasteiger partial charge in [-0.2, -0.15) is 0 Å². The van der Waals surface area contributed by atoms with Crippen LogP contribution < -0.4 is 5.11 Å². The molecule has 0 amide bonds. The van der Waals surface area contributed by atoms with Crippen LogP contribution in [0.2, 0.25) is 5.02 Å². The Kier molecular flexibility index (Phi) is 4.80. The normalized spacial score (nSPS) is 10.9. The van der Waals surface area contributed by atoms with E-state index in [1.54, 1.807) is 36.4 Å². The number of fused-ring (bicyclic) bond motifs is 1. The monoisotopic (exact) mass is 390 g/mol. The van der Waals surface area contributed by atoms with E-state index in [0.29, 0.717) is 38.3 Å². The second-order valence-corrected chi connectivity index (χ2v) is 6.81. The highest BCUT2D eigenvalue weighted by Gasteiger charge is 2.20. The Balaban J connectivity index is 2.18. The molecule has 4 aromatic rings. The number of aromatic nitrogens is 1. The first-order valence-electron chi connectivity index (χ1n) is 8.67. The molecule has 1 heterocycles. The lowest BCUT2D eigenvalue weighted by Gasteiger charge is -2.19. The summed E-state index contributed by atoms with van der Waals surface area (Å²) in [7, 11) is 0. The Hall–Kier alpha value is -3.24. The third-order valence-electron chi connectivity index (χ3n) is 4.56. The predicted molar refractivity (Wildman–Crippen MR) is 106 cm³/mol. The van der Waals surface area contributed by atoms with Crippen molar-refractivity contribution >= 4 is 28.5 Å². The average Bonchev–Trinajstić information content (AvgIpc) is 2.69. The van der Waals surface area contributed by atoms with E-state index in [2.05, 4.69) is 4.98 Å². The van der Waals surface area contributed by atoms with Crippen molar-refractivity contribution in [1.82, 2.24) is 4.98 Å². The molecule has 3 aromatic carbocycles. The Bertz CT molecular complexity index is 1190. The van der Waals surface area contributed by atoms with E-state index in [0.717, 1.165) is 5.56 Å². The minimum atomic E-state index is -1.27. The van der Waals surface area contributed by atoms with Crippen LogP contribution in [-0.4, -0.2) is 11.0 Å². The molecule has 0 spiro atoms. The Labute approximate surface area is 166 Å². The van der Waals surface area contributed by atoms with Crippen LogP contribution in [0.25, 0.3) is 33.3 Å². The van der Waals surface area contributed by atoms with E-state index < -0.39 is 18.2 Å². The molecule has 0 saturated carbocycles. The molecule has 0 bridgehead atoms. The van der Waals surface area contributed by atoms with Gasteiger partial charge < -0.3 is 9.90 Å². The molecule has 0 aliphatic heterocycles. The Morgan fingerprint density at radius 2 is 1.71 bits per heavy atom. The third kappa shape index (κ3) is 3.35. The number of carbonyl (C=O) groups is 1. The van der Waals surface area contributed by atoms with E-state index in [-0.39, 0.29) is 0 Å². The maximum absolute atomic E-state index is 14.7. The van der Waals surface area contributed by atoms with Gasteiger partial charge in [-0.1, -0.05) is 60.1 Å². The van der Waals surface area contributed by atoms with E-state index in [1.165, 1.54) is 6.07 Å². The average molecular weight is 391 g/mol. The minimum absolute atomic E-state index is 0.297. The molecule has 0 fully saturated rings. The third-order valence-corrected chi connectivity index (χ3v) is 4.79. The van der Waals surface area contributed by atoms with E-state index in [9.17, 15) is 14.3 Å². The van der Waals surface area contributed by atoms with Crippen molar-refractivity contribution in [2.75, 3.05) is 0 Å². The first-order valence-corrected chi connectivity index (χ1v) is 9.04. The highest BCUT2D eigenvalue weighted by molar-refractivity contribution is 6.31. The summed E-state index contributed by atoms with van der Waals surface area (Å²) in [6, 6.07) is 20.6. The summed E-state index contributed by atoms with van der Waals surface area (Å²) in [6.45, 7) is 0. The molecule has 0 aliphatic rings. The highest BCUT2D eigenvalue weighted by atomic mass is 35.5. The van der Waals surface area contributed by atoms with Crippen molar-refractivity contribution in [2.45, 2.75) is 6.42 Å². The summed E-state index contributed by atoms with van der Waals surface area (Å²) in [6.07, 6.45) is -0.399. The Morgan fingerprint density at radius 3 is 2.43 bits per heavy atom. The molecule has 0 saturated heterocycles. The van der Waals surface area contributed by atoms with Crippen LogP contribution in [0, 0.1) is 5.82 Å². The number of nitrogens with zero attached hydrogens (tertiary/aromatic N) is 1. The van der Waals surface area contributed by atoms with Crippen molar-refractivity contribution in [1.29, 1.82) is 0 Å². The zero-order valence-electron chi connectivity index (χ0n) is 14.7. The number of halogens is 2. The van der Waals surface area contributed by atoms with Crippen LogP contribution >= 0.6 is 11.6 Å². The number of pyridine rings is 1. The van der Waals surface area contributed by atoms with Gasteiger partial charge in [0.15, 0.2) is 0 Å². The van der Waals surface area contributed by atoms with Gasteiger partial charge in [-0.05, 0) is 35.4 Å². The molecule has 3 nitrogen and oxygen atoms in total. The highest BCUT2D eigenvalue weighted by Crippen LogP contribution is 2.39. The Morgan fingerprint density at radius 1 is 1.00 bits per heavy atom. The van der Waals surface area contributed by atoms with Crippen LogP contribution in [0.1, 0.15) is 5.56 Å². The van der Waals surface area contributed by atoms with Crippen LogP contribution in [0.4, 0.5) is 4.39 Å². The predicted octanol–water partition coefficient (Wildman–Crippen LogP) is 4.65. The molecule has 5 heteroatoms. The quantitative estimate of drug-likeness (QED) is 0.509. The van der Waals surface area contributed by atoms with Crippen molar-refractivity contribution in [3.05, 3.63) is 89.2 Å². The lowest BCUT2D eigenvalue weighted by molar-refractivity contribution is -0.304. The summed E-state index contributed by atoms with van der Waals surface area (Å²) in [5.74, 6) is -1.72. The fourth-order valence-electron chi connectivity index (χ4n) is 3.40. The first kappa shape index (κ1) is 18.1. The maximum Gasteiger partial charge on any atom is 0.131 e. The number of hydrogen-bond acceptors (Lipinski definition) is 3. The topological polar surface area (TPSA) is 53.0 Å². The molecule has 0 atom stereocenters. The molecular weight excluding hydrogens is 377 g/mol. The van der Waals surface area contributed by atoms with Gasteiger partial charge in [-0.3, -0.25) is 0 Å². The number of carbonyl (C=O) groups excluding carboxylic acids is 1. The van der Waals surface area contributed by atoms with Crippen LogP contribution in [0.15, 0.2) is 72.8 Å². The van der Waals surface area contributed by atoms with Crippen molar-refractivity contribution in [3.8, 4) is 22.4 Å². The molecule has 28 heavy (non-hydrogen) atoms. The van der Waals surface area contributed by atoms with Gasteiger partial charge in [-0.15, -0.1) is 0 Å². The molecule has 138 valence electrons. The molecule has 0 N–H and O–H groups in total. The smallest absolute Gasteiger partial charge is 0.131 e. The fourth-order valence-corrected chi connectivity index (χ4v) is 3.57. The SMILES string of the molecule is O=C([O-])Cc1c(-c2ccccc2)nc2ccc(Cl)cc2c1-c1ccccc1F. The molecule has 1 aromatic heterocycles. The van der Waals surface area contributed by atoms with Crippen molar-refractivity contribution in [3.63, 3.8) is 0 Å². The zero-order valence-corrected chi connectivity index (χ0v) is 15.4. The van der Waals surface area contributed by atoms with Gasteiger partial charge in [0.2, 0.25) is 0 Å². The molecular formula is C23H14ClFNO2-. The van der Waals surface area contributed by atoms with Gasteiger partial charge in [0.1, 0.15) is 5.82 Å². The van der Waals surface area contributed by atoms with Gasteiger partial charge in [0.25, 0.3) is 0 Å². The first-order chi connectivity index (χ1) is 13.5. The summed E-state index contributed by atoms with van der Waals surface area (Å²) >= 11 is 6.18. The fraction of sp³-hybridized carbons (Fsp3) is 0.0435. The van der Waals surface area contributed by atoms with E-state index in [4.69, 9.17) is 11.6 Å². The molecule has 0 unspecified atom stereocenters. The lowest BCUT2D eigenvalue weighted by atomic mass is 9.90. The number of carboxylic acids is 1. The molecule has 0 radical (unpaired) electrons. The van der Waals surface area contributed by atoms with Crippen molar-refractivity contribution in [2.24, 2.45) is 0 Å². The summed E-state index contributed by atoms with van der Waals surface area (Å²) in [4.78, 5) is 16.2. The van der Waals surface area contributed by atoms with Gasteiger partial charge in [-0.25, -0.2) is 9.37 Å². The van der Waals surface area contributed by atoms with Gasteiger partial charge in [0, 0.05) is 33.9 Å². The number of hydrogen-bond donors (Lipinski definition) is 0. The number of benzene rings is 3. The second kappa shape index (κ2) is 7.41. The summed E-state index contributed by atoms with van der Waals surface area (Å²) < 4.78 is 14.7. The largest absolute Gasteiger partial charge is 0.550 e. The summed E-state index contributed by atoms with van der Waals surface area (Å²) in [5.41, 5.74) is 2.99.